The number of esters is 1. The third kappa shape index (κ3) is 4.14. The van der Waals surface area contributed by atoms with E-state index < -0.39 is 17.0 Å². The van der Waals surface area contributed by atoms with Gasteiger partial charge >= 0.3 is 5.97 Å². The lowest BCUT2D eigenvalue weighted by molar-refractivity contribution is -0.385. The molecule has 1 atom stereocenters. The minimum Gasteiger partial charge on any atom is -0.458 e. The van der Waals surface area contributed by atoms with E-state index in [0.29, 0.717) is 23.3 Å². The summed E-state index contributed by atoms with van der Waals surface area (Å²) in [4.78, 5) is 35.5. The van der Waals surface area contributed by atoms with Crippen molar-refractivity contribution in [3.63, 3.8) is 0 Å². The van der Waals surface area contributed by atoms with Crippen LogP contribution in [0.25, 0.3) is 0 Å². The van der Waals surface area contributed by atoms with Crippen LogP contribution < -0.4 is 5.32 Å². The normalized spacial score (nSPS) is 30.6. The molecule has 1 amide bonds. The molecule has 0 aromatic heterocycles. The Kier molecular flexibility index (Phi) is 5.32. The van der Waals surface area contributed by atoms with E-state index in [2.05, 4.69) is 5.32 Å². The molecule has 0 heterocycles. The Labute approximate surface area is 170 Å². The predicted molar refractivity (Wildman–Crippen MR) is 106 cm³/mol. The van der Waals surface area contributed by atoms with Crippen LogP contribution in [0.4, 0.5) is 5.69 Å². The summed E-state index contributed by atoms with van der Waals surface area (Å²) in [6.45, 7) is 1.95. The third-order valence-electron chi connectivity index (χ3n) is 6.99. The number of non-ortho nitro benzene ring substituents is 1. The van der Waals surface area contributed by atoms with Crippen LogP contribution in [0.2, 0.25) is 0 Å². The number of carbonyl (C=O) groups is 2. The number of hydrogen-bond donors (Lipinski definition) is 1. The lowest BCUT2D eigenvalue weighted by atomic mass is 9.49. The second-order valence-electron chi connectivity index (χ2n) is 9.19. The SMILES string of the molecule is C[C@H](OC(=O)CCNC(=O)C12CC3CC(CC(C3)C1)C2)c1cccc([N+](=O)[O-])c1. The summed E-state index contributed by atoms with van der Waals surface area (Å²) in [7, 11) is 0. The summed E-state index contributed by atoms with van der Waals surface area (Å²) in [6, 6.07) is 6.08. The molecule has 0 aliphatic heterocycles. The summed E-state index contributed by atoms with van der Waals surface area (Å²) in [6.07, 6.45) is 6.37. The van der Waals surface area contributed by atoms with Gasteiger partial charge in [-0.3, -0.25) is 19.7 Å². The van der Waals surface area contributed by atoms with Crippen LogP contribution in [0, 0.1) is 33.3 Å². The van der Waals surface area contributed by atoms with Gasteiger partial charge < -0.3 is 10.1 Å². The van der Waals surface area contributed by atoms with Gasteiger partial charge in [0.25, 0.3) is 5.69 Å². The van der Waals surface area contributed by atoms with E-state index in [-0.39, 0.29) is 30.0 Å². The fourth-order valence-electron chi connectivity index (χ4n) is 6.07. The maximum Gasteiger partial charge on any atom is 0.308 e. The van der Waals surface area contributed by atoms with Crippen LogP contribution >= 0.6 is 0 Å². The molecular weight excluding hydrogens is 372 g/mol. The number of nitrogens with one attached hydrogen (secondary N) is 1. The van der Waals surface area contributed by atoms with E-state index in [1.165, 1.54) is 31.4 Å². The van der Waals surface area contributed by atoms with Crippen molar-refractivity contribution in [2.75, 3.05) is 6.54 Å². The van der Waals surface area contributed by atoms with Gasteiger partial charge in [-0.2, -0.15) is 0 Å². The Hall–Kier alpha value is -2.44. The van der Waals surface area contributed by atoms with Crippen LogP contribution in [0.5, 0.6) is 0 Å². The third-order valence-corrected chi connectivity index (χ3v) is 6.99. The maximum absolute atomic E-state index is 12.9. The zero-order valence-electron chi connectivity index (χ0n) is 16.8. The van der Waals surface area contributed by atoms with Crippen molar-refractivity contribution in [3.05, 3.63) is 39.9 Å². The van der Waals surface area contributed by atoms with Crippen molar-refractivity contribution < 1.29 is 19.2 Å². The number of nitro groups is 1. The van der Waals surface area contributed by atoms with E-state index in [1.807, 2.05) is 0 Å². The van der Waals surface area contributed by atoms with Gasteiger partial charge in [-0.15, -0.1) is 0 Å². The Morgan fingerprint density at radius 1 is 1.21 bits per heavy atom. The molecule has 156 valence electrons. The van der Waals surface area contributed by atoms with Crippen molar-refractivity contribution in [3.8, 4) is 0 Å². The molecule has 4 fully saturated rings. The van der Waals surface area contributed by atoms with Crippen molar-refractivity contribution >= 4 is 17.6 Å². The second-order valence-corrected chi connectivity index (χ2v) is 9.19. The molecule has 1 N–H and O–H groups in total. The highest BCUT2D eigenvalue weighted by molar-refractivity contribution is 5.83. The molecule has 5 rings (SSSR count). The molecular formula is C22H28N2O5. The molecule has 4 saturated carbocycles. The fraction of sp³-hybridized carbons (Fsp3) is 0.636. The van der Waals surface area contributed by atoms with Crippen molar-refractivity contribution in [1.82, 2.24) is 5.32 Å². The molecule has 4 aliphatic carbocycles. The Balaban J connectivity index is 1.25. The number of benzene rings is 1. The van der Waals surface area contributed by atoms with Crippen LogP contribution in [0.1, 0.15) is 63.5 Å². The number of nitro benzene ring substituents is 1. The summed E-state index contributed by atoms with van der Waals surface area (Å²) in [5.74, 6) is 1.79. The van der Waals surface area contributed by atoms with Crippen molar-refractivity contribution in [2.24, 2.45) is 23.2 Å². The van der Waals surface area contributed by atoms with Crippen LogP contribution in [-0.2, 0) is 14.3 Å². The summed E-state index contributed by atoms with van der Waals surface area (Å²) < 4.78 is 5.39. The van der Waals surface area contributed by atoms with Gasteiger partial charge in [0.2, 0.25) is 5.91 Å². The molecule has 1 aromatic carbocycles. The van der Waals surface area contributed by atoms with E-state index in [0.717, 1.165) is 19.3 Å². The molecule has 4 aliphatic rings. The van der Waals surface area contributed by atoms with E-state index in [1.54, 1.807) is 19.1 Å². The molecule has 7 heteroatoms. The highest BCUT2D eigenvalue weighted by atomic mass is 16.6. The van der Waals surface area contributed by atoms with E-state index in [4.69, 9.17) is 4.74 Å². The Morgan fingerprint density at radius 3 is 2.41 bits per heavy atom. The quantitative estimate of drug-likeness (QED) is 0.425. The minimum absolute atomic E-state index is 0.0340. The molecule has 0 saturated heterocycles. The smallest absolute Gasteiger partial charge is 0.308 e. The number of carbonyl (C=O) groups excluding carboxylic acids is 2. The van der Waals surface area contributed by atoms with E-state index in [9.17, 15) is 19.7 Å². The van der Waals surface area contributed by atoms with Crippen molar-refractivity contribution in [2.45, 2.75) is 58.0 Å². The summed E-state index contributed by atoms with van der Waals surface area (Å²) >= 11 is 0. The summed E-state index contributed by atoms with van der Waals surface area (Å²) in [5.41, 5.74) is 0.327. The average molecular weight is 400 g/mol. The van der Waals surface area contributed by atoms with Gasteiger partial charge in [0, 0.05) is 24.1 Å². The molecule has 7 nitrogen and oxygen atoms in total. The molecule has 1 aromatic rings. The highest BCUT2D eigenvalue weighted by Crippen LogP contribution is 2.60. The Morgan fingerprint density at radius 2 is 1.83 bits per heavy atom. The first kappa shape index (κ1) is 19.9. The van der Waals surface area contributed by atoms with Crippen LogP contribution in [0.15, 0.2) is 24.3 Å². The van der Waals surface area contributed by atoms with Crippen LogP contribution in [0.3, 0.4) is 0 Å². The minimum atomic E-state index is -0.582. The highest BCUT2D eigenvalue weighted by Gasteiger charge is 2.54. The number of hydrogen-bond acceptors (Lipinski definition) is 5. The first-order valence-corrected chi connectivity index (χ1v) is 10.6. The number of nitrogens with zero attached hydrogens (tertiary/aromatic N) is 1. The van der Waals surface area contributed by atoms with Crippen LogP contribution in [-0.4, -0.2) is 23.3 Å². The molecule has 0 spiro atoms. The lowest BCUT2D eigenvalue weighted by Gasteiger charge is -2.55. The van der Waals surface area contributed by atoms with Gasteiger partial charge in [-0.25, -0.2) is 0 Å². The largest absolute Gasteiger partial charge is 0.458 e. The van der Waals surface area contributed by atoms with E-state index >= 15 is 0 Å². The topological polar surface area (TPSA) is 98.5 Å². The zero-order chi connectivity index (χ0) is 20.6. The number of amides is 1. The molecule has 0 radical (unpaired) electrons. The molecule has 0 unspecified atom stereocenters. The first-order chi connectivity index (χ1) is 13.8. The number of ether oxygens (including phenoxy) is 1. The van der Waals surface area contributed by atoms with Gasteiger partial charge in [0.05, 0.1) is 11.3 Å². The van der Waals surface area contributed by atoms with Gasteiger partial charge in [-0.05, 0) is 68.8 Å². The monoisotopic (exact) mass is 400 g/mol. The summed E-state index contributed by atoms with van der Waals surface area (Å²) in [5, 5.41) is 13.9. The fourth-order valence-corrected chi connectivity index (χ4v) is 6.07. The van der Waals surface area contributed by atoms with Gasteiger partial charge in [0.15, 0.2) is 0 Å². The van der Waals surface area contributed by atoms with Gasteiger partial charge in [-0.1, -0.05) is 12.1 Å². The maximum atomic E-state index is 12.9. The van der Waals surface area contributed by atoms with Crippen molar-refractivity contribution in [1.29, 1.82) is 0 Å². The van der Waals surface area contributed by atoms with Gasteiger partial charge in [0.1, 0.15) is 6.10 Å². The number of rotatable bonds is 7. The Bertz CT molecular complexity index is 786. The second kappa shape index (κ2) is 7.76. The zero-order valence-corrected chi connectivity index (χ0v) is 16.8. The molecule has 29 heavy (non-hydrogen) atoms. The average Bonchev–Trinajstić information content (AvgIpc) is 2.67. The lowest BCUT2D eigenvalue weighted by Crippen LogP contribution is -2.53. The standard InChI is InChI=1S/C22H28N2O5/c1-14(18-3-2-4-19(10-18)24(27)28)29-20(25)5-6-23-21(26)22-11-15-7-16(12-22)9-17(8-15)13-22/h2-4,10,14-17H,5-9,11-13H2,1H3,(H,23,26)/t14-,15?,16?,17?,22?/m0/s1. The first-order valence-electron chi connectivity index (χ1n) is 10.6. The molecule has 4 bridgehead atoms. The predicted octanol–water partition coefficient (Wildman–Crippen LogP) is 3.92.